The molecule has 33 heavy (non-hydrogen) atoms. The Bertz CT molecular complexity index is 1220. The van der Waals surface area contributed by atoms with E-state index in [0.717, 1.165) is 11.1 Å². The molecule has 0 bridgehead atoms. The molecule has 166 valence electrons. The van der Waals surface area contributed by atoms with Gasteiger partial charge in [0.1, 0.15) is 5.70 Å². The number of nitrogens with zero attached hydrogens (tertiary/aromatic N) is 2. The second-order valence-electron chi connectivity index (χ2n) is 7.83. The van der Waals surface area contributed by atoms with E-state index in [1.165, 1.54) is 0 Å². The molecule has 1 amide bonds. The number of rotatable bonds is 8. The summed E-state index contributed by atoms with van der Waals surface area (Å²) < 4.78 is 0. The first-order valence-corrected chi connectivity index (χ1v) is 11.1. The number of aliphatic carboxylic acids is 1. The fourth-order valence-electron chi connectivity index (χ4n) is 3.80. The number of halogens is 1. The Kier molecular flexibility index (Phi) is 7.01. The van der Waals surface area contributed by atoms with Crippen LogP contribution in [0.4, 0.5) is 0 Å². The highest BCUT2D eigenvalue weighted by atomic mass is 35.5. The molecule has 0 aliphatic carbocycles. The molecule has 0 aromatic heterocycles. The van der Waals surface area contributed by atoms with Crippen molar-refractivity contribution in [3.63, 3.8) is 0 Å². The number of carbonyl (C=O) groups excluding carboxylic acids is 1. The maximum Gasteiger partial charge on any atom is 0.334 e. The maximum atomic E-state index is 13.6. The molecule has 0 radical (unpaired) electrons. The number of aliphatic imine (C=N–C) groups is 1. The average molecular weight is 459 g/mol. The van der Waals surface area contributed by atoms with Gasteiger partial charge in [-0.15, -0.1) is 0 Å². The second-order valence-corrected chi connectivity index (χ2v) is 8.26. The van der Waals surface area contributed by atoms with Crippen LogP contribution in [-0.4, -0.2) is 34.1 Å². The van der Waals surface area contributed by atoms with Crippen LogP contribution in [0.15, 0.2) is 101 Å². The monoisotopic (exact) mass is 458 g/mol. The van der Waals surface area contributed by atoms with Crippen LogP contribution in [0.5, 0.6) is 0 Å². The molecule has 3 aromatic carbocycles. The largest absolute Gasteiger partial charge is 0.478 e. The Morgan fingerprint density at radius 3 is 2.21 bits per heavy atom. The molecule has 0 saturated heterocycles. The highest BCUT2D eigenvalue weighted by Gasteiger charge is 2.31. The molecule has 4 rings (SSSR count). The van der Waals surface area contributed by atoms with E-state index in [1.54, 1.807) is 23.1 Å². The molecule has 3 aromatic rings. The molecule has 0 saturated carbocycles. The predicted molar refractivity (Wildman–Crippen MR) is 129 cm³/mol. The van der Waals surface area contributed by atoms with Gasteiger partial charge in [-0.3, -0.25) is 4.79 Å². The zero-order valence-electron chi connectivity index (χ0n) is 17.9. The molecule has 6 heteroatoms. The number of benzene rings is 3. The van der Waals surface area contributed by atoms with E-state index < -0.39 is 5.97 Å². The number of hydrogen-bond donors (Lipinski definition) is 1. The third-order valence-corrected chi connectivity index (χ3v) is 5.75. The van der Waals surface area contributed by atoms with E-state index in [0.29, 0.717) is 35.8 Å². The van der Waals surface area contributed by atoms with Gasteiger partial charge in [-0.25, -0.2) is 9.79 Å². The van der Waals surface area contributed by atoms with Crippen molar-refractivity contribution >= 4 is 29.2 Å². The Morgan fingerprint density at radius 2 is 1.58 bits per heavy atom. The van der Waals surface area contributed by atoms with Crippen molar-refractivity contribution in [1.82, 2.24) is 4.90 Å². The first kappa shape index (κ1) is 22.5. The van der Waals surface area contributed by atoms with Crippen molar-refractivity contribution in [2.45, 2.75) is 19.4 Å². The lowest BCUT2D eigenvalue weighted by atomic mass is 10.0. The molecule has 1 aliphatic heterocycles. The number of carbonyl (C=O) groups is 2. The summed E-state index contributed by atoms with van der Waals surface area (Å²) in [6, 6.07) is 26.6. The van der Waals surface area contributed by atoms with Gasteiger partial charge in [0.15, 0.2) is 0 Å². The van der Waals surface area contributed by atoms with Crippen molar-refractivity contribution in [1.29, 1.82) is 0 Å². The van der Waals surface area contributed by atoms with Gasteiger partial charge in [0.25, 0.3) is 5.91 Å². The third-order valence-electron chi connectivity index (χ3n) is 5.51. The smallest absolute Gasteiger partial charge is 0.334 e. The van der Waals surface area contributed by atoms with E-state index in [2.05, 4.69) is 4.99 Å². The molecule has 1 aliphatic rings. The number of amides is 1. The molecule has 0 atom stereocenters. The van der Waals surface area contributed by atoms with Gasteiger partial charge in [0.2, 0.25) is 0 Å². The van der Waals surface area contributed by atoms with E-state index in [1.807, 2.05) is 66.7 Å². The Labute approximate surface area is 197 Å². The Morgan fingerprint density at radius 1 is 0.909 bits per heavy atom. The van der Waals surface area contributed by atoms with Crippen LogP contribution in [0.2, 0.25) is 5.02 Å². The summed E-state index contributed by atoms with van der Waals surface area (Å²) in [4.78, 5) is 31.8. The van der Waals surface area contributed by atoms with Crippen LogP contribution >= 0.6 is 11.6 Å². The Balaban J connectivity index is 1.64. The molecular weight excluding hydrogens is 436 g/mol. The second kappa shape index (κ2) is 10.3. The van der Waals surface area contributed by atoms with E-state index in [-0.39, 0.29) is 23.6 Å². The van der Waals surface area contributed by atoms with Gasteiger partial charge in [-0.1, -0.05) is 84.4 Å². The standard InChI is InChI=1S/C27H23ClN2O3/c28-22-13-7-12-21(16-22)24-17-23(27(32)33)25(29-24)26(31)30(18-20-10-5-2-6-11-20)15-14-19-8-3-1-4-9-19/h1-13,16H,14-15,17-18H2,(H,32,33). The summed E-state index contributed by atoms with van der Waals surface area (Å²) in [5, 5.41) is 10.3. The summed E-state index contributed by atoms with van der Waals surface area (Å²) in [7, 11) is 0. The van der Waals surface area contributed by atoms with E-state index in [4.69, 9.17) is 11.6 Å². The topological polar surface area (TPSA) is 70.0 Å². The SMILES string of the molecule is O=C(O)C1=C(C(=O)N(CCc2ccccc2)Cc2ccccc2)N=C(c2cccc(Cl)c2)C1. The van der Waals surface area contributed by atoms with Crippen molar-refractivity contribution in [2.75, 3.05) is 6.54 Å². The summed E-state index contributed by atoms with van der Waals surface area (Å²) in [6.07, 6.45) is 0.731. The van der Waals surface area contributed by atoms with Gasteiger partial charge in [0, 0.05) is 24.5 Å². The van der Waals surface area contributed by atoms with Crippen molar-refractivity contribution in [3.8, 4) is 0 Å². The van der Waals surface area contributed by atoms with Crippen molar-refractivity contribution in [2.24, 2.45) is 4.99 Å². The maximum absolute atomic E-state index is 13.6. The number of hydrogen-bond acceptors (Lipinski definition) is 3. The lowest BCUT2D eigenvalue weighted by molar-refractivity contribution is -0.134. The highest BCUT2D eigenvalue weighted by molar-refractivity contribution is 6.31. The number of carboxylic acids is 1. The van der Waals surface area contributed by atoms with Crippen LogP contribution in [0.25, 0.3) is 0 Å². The predicted octanol–water partition coefficient (Wildman–Crippen LogP) is 5.14. The first-order chi connectivity index (χ1) is 16.0. The molecule has 0 fully saturated rings. The van der Waals surface area contributed by atoms with Crippen molar-refractivity contribution in [3.05, 3.63) is 118 Å². The molecule has 5 nitrogen and oxygen atoms in total. The van der Waals surface area contributed by atoms with Gasteiger partial charge >= 0.3 is 5.97 Å². The zero-order chi connectivity index (χ0) is 23.2. The van der Waals surface area contributed by atoms with Crippen molar-refractivity contribution < 1.29 is 14.7 Å². The average Bonchev–Trinajstić information content (AvgIpc) is 3.29. The van der Waals surface area contributed by atoms with Crippen LogP contribution in [0, 0.1) is 0 Å². The molecule has 1 N–H and O–H groups in total. The van der Waals surface area contributed by atoms with Crippen LogP contribution in [-0.2, 0) is 22.6 Å². The molecule has 0 spiro atoms. The normalized spacial score (nSPS) is 13.1. The van der Waals surface area contributed by atoms with Crippen LogP contribution in [0.1, 0.15) is 23.1 Å². The zero-order valence-corrected chi connectivity index (χ0v) is 18.7. The fraction of sp³-hybridized carbons (Fsp3) is 0.148. The minimum absolute atomic E-state index is 0.00717. The fourth-order valence-corrected chi connectivity index (χ4v) is 3.99. The summed E-state index contributed by atoms with van der Waals surface area (Å²) in [5.74, 6) is -1.52. The quantitative estimate of drug-likeness (QED) is 0.508. The molecule has 1 heterocycles. The minimum Gasteiger partial charge on any atom is -0.478 e. The lowest BCUT2D eigenvalue weighted by Gasteiger charge is -2.23. The van der Waals surface area contributed by atoms with E-state index >= 15 is 0 Å². The Hall–Kier alpha value is -3.70. The van der Waals surface area contributed by atoms with Crippen LogP contribution < -0.4 is 0 Å². The summed E-state index contributed by atoms with van der Waals surface area (Å²) in [6.45, 7) is 0.807. The molecular formula is C27H23ClN2O3. The highest BCUT2D eigenvalue weighted by Crippen LogP contribution is 2.27. The van der Waals surface area contributed by atoms with E-state index in [9.17, 15) is 14.7 Å². The first-order valence-electron chi connectivity index (χ1n) is 10.7. The summed E-state index contributed by atoms with van der Waals surface area (Å²) in [5.41, 5.74) is 3.30. The van der Waals surface area contributed by atoms with Gasteiger partial charge < -0.3 is 10.0 Å². The molecule has 0 unspecified atom stereocenters. The van der Waals surface area contributed by atoms with Crippen LogP contribution in [0.3, 0.4) is 0 Å². The van der Waals surface area contributed by atoms with Gasteiger partial charge in [-0.05, 0) is 35.2 Å². The van der Waals surface area contributed by atoms with Gasteiger partial charge in [0.05, 0.1) is 11.3 Å². The lowest BCUT2D eigenvalue weighted by Crippen LogP contribution is -2.33. The summed E-state index contributed by atoms with van der Waals surface area (Å²) >= 11 is 6.10. The number of carboxylic acid groups (broad SMARTS) is 1. The van der Waals surface area contributed by atoms with Gasteiger partial charge in [-0.2, -0.15) is 0 Å². The third kappa shape index (κ3) is 5.57. The minimum atomic E-state index is -1.14.